The number of carbonyl (C=O) groups excluding carboxylic acids is 1. The molecule has 0 fully saturated rings. The Bertz CT molecular complexity index is 616. The molecule has 116 valence electrons. The van der Waals surface area contributed by atoms with Crippen molar-refractivity contribution in [1.82, 2.24) is 4.90 Å². The van der Waals surface area contributed by atoms with Crippen molar-refractivity contribution in [3.05, 3.63) is 64.9 Å². The Morgan fingerprint density at radius 1 is 1.18 bits per heavy atom. The zero-order chi connectivity index (χ0) is 15.9. The summed E-state index contributed by atoms with van der Waals surface area (Å²) in [5, 5.41) is 0.346. The van der Waals surface area contributed by atoms with Gasteiger partial charge >= 0.3 is 0 Å². The van der Waals surface area contributed by atoms with E-state index >= 15 is 0 Å². The summed E-state index contributed by atoms with van der Waals surface area (Å²) in [4.78, 5) is 14.8. The van der Waals surface area contributed by atoms with Crippen LogP contribution in [0.25, 0.3) is 0 Å². The number of benzene rings is 2. The topological polar surface area (TPSA) is 20.3 Å². The first-order valence-corrected chi connectivity index (χ1v) is 8.29. The van der Waals surface area contributed by atoms with Crippen molar-refractivity contribution in [2.24, 2.45) is 0 Å². The van der Waals surface area contributed by atoms with Gasteiger partial charge in [-0.25, -0.2) is 4.39 Å². The largest absolute Gasteiger partial charge is 0.341 e. The van der Waals surface area contributed by atoms with Gasteiger partial charge in [0.15, 0.2) is 0 Å². The molecule has 0 bridgehead atoms. The molecule has 0 saturated carbocycles. The summed E-state index contributed by atoms with van der Waals surface area (Å²) in [5.41, 5.74) is 0.357. The van der Waals surface area contributed by atoms with Crippen LogP contribution in [-0.2, 0) is 11.3 Å². The molecule has 5 heteroatoms. The molecule has 0 heterocycles. The molecule has 0 spiro atoms. The van der Waals surface area contributed by atoms with Gasteiger partial charge in [0.1, 0.15) is 5.82 Å². The molecule has 0 aliphatic heterocycles. The van der Waals surface area contributed by atoms with Crippen LogP contribution in [0.1, 0.15) is 12.0 Å². The van der Waals surface area contributed by atoms with E-state index in [4.69, 9.17) is 11.6 Å². The van der Waals surface area contributed by atoms with Gasteiger partial charge in [-0.1, -0.05) is 35.9 Å². The molecule has 22 heavy (non-hydrogen) atoms. The van der Waals surface area contributed by atoms with Crippen LogP contribution in [0.5, 0.6) is 0 Å². The summed E-state index contributed by atoms with van der Waals surface area (Å²) < 4.78 is 13.7. The lowest BCUT2D eigenvalue weighted by Gasteiger charge is -2.18. The summed E-state index contributed by atoms with van der Waals surface area (Å²) in [6.45, 7) is 0.181. The maximum absolute atomic E-state index is 13.7. The summed E-state index contributed by atoms with van der Waals surface area (Å²) in [6.07, 6.45) is 0.405. The van der Waals surface area contributed by atoms with Crippen molar-refractivity contribution < 1.29 is 9.18 Å². The third kappa shape index (κ3) is 4.75. The van der Waals surface area contributed by atoms with Crippen LogP contribution < -0.4 is 0 Å². The number of halogens is 2. The molecule has 0 aromatic heterocycles. The Kier molecular flexibility index (Phi) is 6.28. The highest BCUT2D eigenvalue weighted by atomic mass is 35.5. The molecule has 0 aliphatic carbocycles. The van der Waals surface area contributed by atoms with E-state index in [1.165, 1.54) is 11.0 Å². The number of hydrogen-bond donors (Lipinski definition) is 0. The molecule has 0 radical (unpaired) electrons. The second-order valence-electron chi connectivity index (χ2n) is 4.86. The number of thioether (sulfide) groups is 1. The smallest absolute Gasteiger partial charge is 0.223 e. The predicted octanol–water partition coefficient (Wildman–Crippen LogP) is 4.62. The molecular formula is C17H17ClFNOS. The van der Waals surface area contributed by atoms with Crippen molar-refractivity contribution in [3.63, 3.8) is 0 Å². The minimum Gasteiger partial charge on any atom is -0.341 e. The molecule has 2 aromatic rings. The van der Waals surface area contributed by atoms with Crippen molar-refractivity contribution in [1.29, 1.82) is 0 Å². The average molecular weight is 338 g/mol. The number of nitrogens with zero attached hydrogens (tertiary/aromatic N) is 1. The number of rotatable bonds is 6. The summed E-state index contributed by atoms with van der Waals surface area (Å²) in [5.74, 6) is 0.284. The number of hydrogen-bond acceptors (Lipinski definition) is 2. The van der Waals surface area contributed by atoms with Gasteiger partial charge in [-0.2, -0.15) is 0 Å². The maximum atomic E-state index is 13.7. The standard InChI is InChI=1S/C17H17ClFNOS/c1-20(12-14-15(18)8-5-9-16(14)19)17(21)10-11-22-13-6-3-2-4-7-13/h2-9H,10-12H2,1H3. The lowest BCUT2D eigenvalue weighted by Crippen LogP contribution is -2.27. The van der Waals surface area contributed by atoms with E-state index in [0.29, 0.717) is 22.8 Å². The number of amides is 1. The molecule has 0 N–H and O–H groups in total. The second-order valence-corrected chi connectivity index (χ2v) is 6.44. The van der Waals surface area contributed by atoms with E-state index in [9.17, 15) is 9.18 Å². The molecule has 1 amide bonds. The Morgan fingerprint density at radius 2 is 1.91 bits per heavy atom. The third-order valence-corrected chi connectivity index (χ3v) is 4.58. The van der Waals surface area contributed by atoms with Gasteiger partial charge in [-0.3, -0.25) is 4.79 Å². The Balaban J connectivity index is 1.85. The number of carbonyl (C=O) groups is 1. The first-order chi connectivity index (χ1) is 10.6. The van der Waals surface area contributed by atoms with Crippen LogP contribution in [-0.4, -0.2) is 23.6 Å². The second kappa shape index (κ2) is 8.20. The zero-order valence-corrected chi connectivity index (χ0v) is 13.8. The molecule has 0 aliphatic rings. The Labute approximate surface area is 139 Å². The van der Waals surface area contributed by atoms with Gasteiger partial charge in [-0.15, -0.1) is 11.8 Å². The van der Waals surface area contributed by atoms with Crippen LogP contribution >= 0.6 is 23.4 Å². The zero-order valence-electron chi connectivity index (χ0n) is 12.3. The fraction of sp³-hybridized carbons (Fsp3) is 0.235. The first-order valence-electron chi connectivity index (χ1n) is 6.92. The van der Waals surface area contributed by atoms with Gasteiger partial charge in [0.25, 0.3) is 0 Å². The van der Waals surface area contributed by atoms with Gasteiger partial charge < -0.3 is 4.90 Å². The van der Waals surface area contributed by atoms with Crippen LogP contribution in [0.2, 0.25) is 5.02 Å². The van der Waals surface area contributed by atoms with Crippen molar-refractivity contribution >= 4 is 29.3 Å². The maximum Gasteiger partial charge on any atom is 0.223 e. The van der Waals surface area contributed by atoms with Crippen molar-refractivity contribution in [3.8, 4) is 0 Å². The van der Waals surface area contributed by atoms with Gasteiger partial charge in [0.05, 0.1) is 0 Å². The lowest BCUT2D eigenvalue weighted by atomic mass is 10.2. The molecule has 2 rings (SSSR count). The quantitative estimate of drug-likeness (QED) is 0.717. The van der Waals surface area contributed by atoms with E-state index < -0.39 is 0 Å². The van der Waals surface area contributed by atoms with E-state index in [1.807, 2.05) is 30.3 Å². The molecule has 2 aromatic carbocycles. The Morgan fingerprint density at radius 3 is 2.59 bits per heavy atom. The minimum atomic E-state index is -0.384. The van der Waals surface area contributed by atoms with E-state index in [1.54, 1.807) is 30.9 Å². The van der Waals surface area contributed by atoms with Crippen LogP contribution in [0.4, 0.5) is 4.39 Å². The van der Waals surface area contributed by atoms with Crippen LogP contribution in [0.15, 0.2) is 53.4 Å². The molecule has 0 unspecified atom stereocenters. The van der Waals surface area contributed by atoms with Crippen molar-refractivity contribution in [2.45, 2.75) is 17.9 Å². The fourth-order valence-electron chi connectivity index (χ4n) is 1.97. The van der Waals surface area contributed by atoms with Gasteiger partial charge in [0, 0.05) is 41.2 Å². The SMILES string of the molecule is CN(Cc1c(F)cccc1Cl)C(=O)CCSc1ccccc1. The average Bonchev–Trinajstić information content (AvgIpc) is 2.52. The summed E-state index contributed by atoms with van der Waals surface area (Å²) >= 11 is 7.61. The monoisotopic (exact) mass is 337 g/mol. The highest BCUT2D eigenvalue weighted by molar-refractivity contribution is 7.99. The summed E-state index contributed by atoms with van der Waals surface area (Å²) in [7, 11) is 1.66. The van der Waals surface area contributed by atoms with E-state index in [-0.39, 0.29) is 18.3 Å². The molecule has 0 saturated heterocycles. The highest BCUT2D eigenvalue weighted by Gasteiger charge is 2.14. The van der Waals surface area contributed by atoms with E-state index in [2.05, 4.69) is 0 Å². The first kappa shape index (κ1) is 16.8. The normalized spacial score (nSPS) is 10.5. The van der Waals surface area contributed by atoms with Crippen LogP contribution in [0, 0.1) is 5.82 Å². The third-order valence-electron chi connectivity index (χ3n) is 3.21. The predicted molar refractivity (Wildman–Crippen MR) is 89.7 cm³/mol. The lowest BCUT2D eigenvalue weighted by molar-refractivity contribution is -0.129. The van der Waals surface area contributed by atoms with E-state index in [0.717, 1.165) is 4.90 Å². The highest BCUT2D eigenvalue weighted by Crippen LogP contribution is 2.21. The molecule has 2 nitrogen and oxygen atoms in total. The van der Waals surface area contributed by atoms with Gasteiger partial charge in [-0.05, 0) is 24.3 Å². The Hall–Kier alpha value is -1.52. The minimum absolute atomic E-state index is 0.0252. The molecule has 0 atom stereocenters. The summed E-state index contributed by atoms with van der Waals surface area (Å²) in [6, 6.07) is 14.5. The molecular weight excluding hydrogens is 321 g/mol. The van der Waals surface area contributed by atoms with Crippen molar-refractivity contribution in [2.75, 3.05) is 12.8 Å². The van der Waals surface area contributed by atoms with Crippen LogP contribution in [0.3, 0.4) is 0 Å². The van der Waals surface area contributed by atoms with Gasteiger partial charge in [0.2, 0.25) is 5.91 Å². The fourth-order valence-corrected chi connectivity index (χ4v) is 3.06.